The first kappa shape index (κ1) is 20.6. The van der Waals surface area contributed by atoms with Gasteiger partial charge in [0.2, 0.25) is 0 Å². The van der Waals surface area contributed by atoms with Crippen LogP contribution in [-0.2, 0) is 6.11 Å². The van der Waals surface area contributed by atoms with Crippen molar-refractivity contribution >= 4 is 0 Å². The molecule has 1 saturated carbocycles. The molecule has 0 aromatic heterocycles. The van der Waals surface area contributed by atoms with Crippen LogP contribution in [0.5, 0.6) is 5.75 Å². The molecule has 0 amide bonds. The number of aryl methyl sites for hydroxylation is 1. The lowest BCUT2D eigenvalue weighted by molar-refractivity contribution is -0.185. The van der Waals surface area contributed by atoms with Gasteiger partial charge in [0.1, 0.15) is 5.75 Å². The normalized spacial score (nSPS) is 19.5. The van der Waals surface area contributed by atoms with Crippen LogP contribution in [0.4, 0.5) is 8.78 Å². The zero-order valence-corrected chi connectivity index (χ0v) is 17.6. The fraction of sp³-hybridized carbons (Fsp3) is 0.333. The van der Waals surface area contributed by atoms with Crippen molar-refractivity contribution in [2.24, 2.45) is 5.92 Å². The zero-order valence-electron chi connectivity index (χ0n) is 17.6. The quantitative estimate of drug-likeness (QED) is 0.416. The Morgan fingerprint density at radius 1 is 0.733 bits per heavy atom. The van der Waals surface area contributed by atoms with Crippen LogP contribution in [0, 0.1) is 12.8 Å². The highest BCUT2D eigenvalue weighted by molar-refractivity contribution is 5.64. The van der Waals surface area contributed by atoms with Gasteiger partial charge in [-0.25, -0.2) is 0 Å². The van der Waals surface area contributed by atoms with Crippen LogP contribution in [0.15, 0.2) is 72.8 Å². The van der Waals surface area contributed by atoms with Gasteiger partial charge in [-0.05, 0) is 72.6 Å². The van der Waals surface area contributed by atoms with E-state index >= 15 is 0 Å². The van der Waals surface area contributed by atoms with Gasteiger partial charge < -0.3 is 4.74 Å². The van der Waals surface area contributed by atoms with Crippen molar-refractivity contribution in [3.8, 4) is 16.9 Å². The van der Waals surface area contributed by atoms with Gasteiger partial charge in [-0.1, -0.05) is 73.9 Å². The summed E-state index contributed by atoms with van der Waals surface area (Å²) in [6, 6.07) is 21.5. The molecule has 3 heteroatoms. The van der Waals surface area contributed by atoms with E-state index in [1.807, 2.05) is 43.3 Å². The van der Waals surface area contributed by atoms with Crippen molar-refractivity contribution in [1.82, 2.24) is 0 Å². The molecule has 0 radical (unpaired) electrons. The fourth-order valence-corrected chi connectivity index (χ4v) is 4.21. The lowest BCUT2D eigenvalue weighted by atomic mass is 9.79. The molecule has 0 saturated heterocycles. The van der Waals surface area contributed by atoms with Gasteiger partial charge in [0, 0.05) is 0 Å². The molecule has 0 N–H and O–H groups in total. The van der Waals surface area contributed by atoms with E-state index in [1.165, 1.54) is 48.9 Å². The summed E-state index contributed by atoms with van der Waals surface area (Å²) in [5.74, 6) is 1.51. The number of alkyl halides is 2. The molecule has 0 bridgehead atoms. The van der Waals surface area contributed by atoms with E-state index in [4.69, 9.17) is 4.74 Å². The maximum absolute atomic E-state index is 14.7. The summed E-state index contributed by atoms with van der Waals surface area (Å²) in [7, 11) is 0. The van der Waals surface area contributed by atoms with Crippen LogP contribution in [-0.4, -0.2) is 0 Å². The van der Waals surface area contributed by atoms with E-state index in [2.05, 4.69) is 6.92 Å². The van der Waals surface area contributed by atoms with E-state index in [9.17, 15) is 8.78 Å². The highest BCUT2D eigenvalue weighted by Crippen LogP contribution is 2.37. The van der Waals surface area contributed by atoms with Crippen molar-refractivity contribution < 1.29 is 13.5 Å². The van der Waals surface area contributed by atoms with Crippen molar-refractivity contribution in [3.63, 3.8) is 0 Å². The number of ether oxygens (including phenoxy) is 1. The molecule has 4 rings (SSSR count). The average molecular weight is 407 g/mol. The van der Waals surface area contributed by atoms with Crippen molar-refractivity contribution in [1.29, 1.82) is 0 Å². The van der Waals surface area contributed by atoms with E-state index in [-0.39, 0.29) is 11.3 Å². The molecule has 1 fully saturated rings. The van der Waals surface area contributed by atoms with Crippen molar-refractivity contribution in [2.45, 2.75) is 51.6 Å². The predicted molar refractivity (Wildman–Crippen MR) is 118 cm³/mol. The lowest BCUT2D eigenvalue weighted by Crippen LogP contribution is -2.21. The number of benzene rings is 3. The first-order valence-corrected chi connectivity index (χ1v) is 10.7. The molecule has 0 heterocycles. The van der Waals surface area contributed by atoms with Gasteiger partial charge in [-0.3, -0.25) is 0 Å². The van der Waals surface area contributed by atoms with Gasteiger partial charge in [0.25, 0.3) is 0 Å². The summed E-state index contributed by atoms with van der Waals surface area (Å²) in [4.78, 5) is 0. The summed E-state index contributed by atoms with van der Waals surface area (Å²) in [5.41, 5.74) is 4.15. The Morgan fingerprint density at radius 2 is 1.27 bits per heavy atom. The summed E-state index contributed by atoms with van der Waals surface area (Å²) in [6.07, 6.45) is 1.43. The van der Waals surface area contributed by atoms with E-state index in [0.29, 0.717) is 5.92 Å². The van der Waals surface area contributed by atoms with Crippen LogP contribution in [0.2, 0.25) is 0 Å². The lowest BCUT2D eigenvalue weighted by Gasteiger charge is -2.26. The summed E-state index contributed by atoms with van der Waals surface area (Å²) < 4.78 is 34.5. The molecular formula is C27H28F2O. The Kier molecular flexibility index (Phi) is 5.90. The highest BCUT2D eigenvalue weighted by atomic mass is 19.3. The molecule has 1 aliphatic carbocycles. The molecule has 0 unspecified atom stereocenters. The summed E-state index contributed by atoms with van der Waals surface area (Å²) in [6.45, 7) is 4.31. The third-order valence-corrected chi connectivity index (χ3v) is 6.22. The number of hydrogen-bond donors (Lipinski definition) is 0. The fourth-order valence-electron chi connectivity index (χ4n) is 4.21. The van der Waals surface area contributed by atoms with E-state index in [0.717, 1.165) is 17.0 Å². The van der Waals surface area contributed by atoms with Crippen molar-refractivity contribution in [2.75, 3.05) is 0 Å². The molecule has 1 aliphatic rings. The van der Waals surface area contributed by atoms with Crippen molar-refractivity contribution in [3.05, 3.63) is 89.5 Å². The second-order valence-electron chi connectivity index (χ2n) is 8.59. The maximum atomic E-state index is 14.7. The van der Waals surface area contributed by atoms with Crippen LogP contribution in [0.25, 0.3) is 11.1 Å². The Labute approximate surface area is 177 Å². The molecular weight excluding hydrogens is 378 g/mol. The minimum atomic E-state index is -3.38. The topological polar surface area (TPSA) is 9.23 Å². The third-order valence-electron chi connectivity index (χ3n) is 6.22. The molecule has 0 aliphatic heterocycles. The van der Waals surface area contributed by atoms with Crippen LogP contribution in [0.1, 0.15) is 55.2 Å². The molecule has 1 nitrogen and oxygen atoms in total. The van der Waals surface area contributed by atoms with Gasteiger partial charge in [-0.15, -0.1) is 0 Å². The SMILES string of the molecule is Cc1ccc(-c2ccc(C(F)(F)Oc3ccc(C4CCC(C)CC4)cc3)cc2)cc1. The van der Waals surface area contributed by atoms with Gasteiger partial charge in [0.15, 0.2) is 0 Å². The minimum absolute atomic E-state index is 0.149. The average Bonchev–Trinajstić information content (AvgIpc) is 2.75. The maximum Gasteiger partial charge on any atom is 0.426 e. The summed E-state index contributed by atoms with van der Waals surface area (Å²) >= 11 is 0. The molecule has 0 spiro atoms. The third kappa shape index (κ3) is 4.72. The Hall–Kier alpha value is -2.68. The standard InChI is InChI=1S/C27H28F2O/c1-19-3-7-21(8-4-19)23-11-15-25(16-12-23)27(28,29)30-26-17-13-24(14-18-26)22-9-5-20(2)6-10-22/h3-4,7-8,11-18,20,22H,5-6,9-10H2,1-2H3. The largest absolute Gasteiger partial charge is 0.429 e. The Balaban J connectivity index is 1.44. The first-order valence-electron chi connectivity index (χ1n) is 10.7. The second-order valence-corrected chi connectivity index (χ2v) is 8.59. The van der Waals surface area contributed by atoms with E-state index < -0.39 is 6.11 Å². The van der Waals surface area contributed by atoms with Crippen LogP contribution >= 0.6 is 0 Å². The van der Waals surface area contributed by atoms with Crippen LogP contribution in [0.3, 0.4) is 0 Å². The highest BCUT2D eigenvalue weighted by Gasteiger charge is 2.34. The van der Waals surface area contributed by atoms with Gasteiger partial charge >= 0.3 is 6.11 Å². The second kappa shape index (κ2) is 8.59. The molecule has 3 aromatic carbocycles. The summed E-state index contributed by atoms with van der Waals surface area (Å²) in [5, 5.41) is 0. The Morgan fingerprint density at radius 3 is 1.83 bits per heavy atom. The smallest absolute Gasteiger partial charge is 0.426 e. The predicted octanol–water partition coefficient (Wildman–Crippen LogP) is 8.08. The molecule has 30 heavy (non-hydrogen) atoms. The number of halogens is 2. The van der Waals surface area contributed by atoms with Crippen LogP contribution < -0.4 is 4.74 Å². The zero-order chi connectivity index (χ0) is 21.1. The van der Waals surface area contributed by atoms with E-state index in [1.54, 1.807) is 24.3 Å². The van der Waals surface area contributed by atoms with Gasteiger partial charge in [0.05, 0.1) is 5.56 Å². The number of rotatable bonds is 5. The van der Waals surface area contributed by atoms with Gasteiger partial charge in [-0.2, -0.15) is 8.78 Å². The first-order chi connectivity index (χ1) is 14.4. The molecule has 156 valence electrons. The number of hydrogen-bond acceptors (Lipinski definition) is 1. The monoisotopic (exact) mass is 406 g/mol. The molecule has 0 atom stereocenters. The molecule has 3 aromatic rings. The minimum Gasteiger partial charge on any atom is -0.429 e. The Bertz CT molecular complexity index is 951.